The van der Waals surface area contributed by atoms with Gasteiger partial charge in [0.25, 0.3) is 0 Å². The summed E-state index contributed by atoms with van der Waals surface area (Å²) in [6, 6.07) is 0.397. The molecule has 0 heterocycles. The van der Waals surface area contributed by atoms with Crippen molar-refractivity contribution in [2.75, 3.05) is 27.2 Å². The quantitative estimate of drug-likeness (QED) is 0.749. The molecule has 4 nitrogen and oxygen atoms in total. The van der Waals surface area contributed by atoms with Gasteiger partial charge in [0, 0.05) is 25.0 Å². The van der Waals surface area contributed by atoms with Crippen LogP contribution in [-0.4, -0.2) is 44.0 Å². The van der Waals surface area contributed by atoms with Gasteiger partial charge < -0.3 is 16.0 Å². The Bertz CT molecular complexity index is 213. The molecule has 0 saturated heterocycles. The summed E-state index contributed by atoms with van der Waals surface area (Å²) >= 11 is 0. The molecule has 0 aliphatic rings. The smallest absolute Gasteiger partial charge is 0.224 e. The number of carbonyl (C=O) groups excluding carboxylic acids is 1. The molecule has 0 fully saturated rings. The van der Waals surface area contributed by atoms with Crippen LogP contribution in [0.2, 0.25) is 0 Å². The molecule has 1 amide bonds. The van der Waals surface area contributed by atoms with Crippen LogP contribution in [0.4, 0.5) is 0 Å². The first-order valence-corrected chi connectivity index (χ1v) is 6.02. The van der Waals surface area contributed by atoms with Crippen molar-refractivity contribution in [2.45, 2.75) is 33.2 Å². The van der Waals surface area contributed by atoms with Crippen molar-refractivity contribution < 1.29 is 4.79 Å². The van der Waals surface area contributed by atoms with E-state index in [2.05, 4.69) is 24.1 Å². The normalized spacial score (nSPS) is 13.6. The highest BCUT2D eigenvalue weighted by atomic mass is 35.5. The predicted octanol–water partition coefficient (Wildman–Crippen LogP) is 1.52. The lowest BCUT2D eigenvalue weighted by Crippen LogP contribution is -2.43. The van der Waals surface area contributed by atoms with Crippen molar-refractivity contribution >= 4 is 30.7 Å². The number of likely N-dealkylation sites (N-methyl/N-ethyl adjacent to an activating group) is 1. The maximum atomic E-state index is 11.6. The Morgan fingerprint density at radius 3 is 2.06 bits per heavy atom. The fourth-order valence-electron chi connectivity index (χ4n) is 1.52. The molecule has 0 spiro atoms. The van der Waals surface area contributed by atoms with Gasteiger partial charge in [-0.1, -0.05) is 20.8 Å². The van der Waals surface area contributed by atoms with Crippen molar-refractivity contribution in [3.63, 3.8) is 0 Å². The van der Waals surface area contributed by atoms with Gasteiger partial charge in [0.1, 0.15) is 0 Å². The molecule has 3 N–H and O–H groups in total. The van der Waals surface area contributed by atoms with Crippen molar-refractivity contribution in [2.24, 2.45) is 17.6 Å². The fourth-order valence-corrected chi connectivity index (χ4v) is 1.52. The van der Waals surface area contributed by atoms with Gasteiger partial charge in [0.05, 0.1) is 0 Å². The Hall–Kier alpha value is -0.0300. The van der Waals surface area contributed by atoms with Crippen LogP contribution in [0.1, 0.15) is 27.2 Å². The lowest BCUT2D eigenvalue weighted by atomic mass is 10.0. The Morgan fingerprint density at radius 2 is 1.72 bits per heavy atom. The Kier molecular flexibility index (Phi) is 15.4. The average molecular weight is 302 g/mol. The van der Waals surface area contributed by atoms with E-state index in [0.29, 0.717) is 25.0 Å². The van der Waals surface area contributed by atoms with E-state index in [9.17, 15) is 4.79 Å². The van der Waals surface area contributed by atoms with E-state index in [1.165, 1.54) is 0 Å². The third-order valence-corrected chi connectivity index (χ3v) is 2.79. The van der Waals surface area contributed by atoms with E-state index in [4.69, 9.17) is 5.73 Å². The lowest BCUT2D eigenvalue weighted by molar-refractivity contribution is -0.124. The highest BCUT2D eigenvalue weighted by molar-refractivity contribution is 5.85. The minimum Gasteiger partial charge on any atom is -0.354 e. The van der Waals surface area contributed by atoms with E-state index >= 15 is 0 Å². The minimum absolute atomic E-state index is 0. The minimum atomic E-state index is -0.0955. The maximum absolute atomic E-state index is 11.6. The van der Waals surface area contributed by atoms with E-state index in [-0.39, 0.29) is 36.6 Å². The molecule has 0 saturated carbocycles. The molecule has 0 aliphatic carbocycles. The molecule has 0 aliphatic heterocycles. The summed E-state index contributed by atoms with van der Waals surface area (Å²) in [4.78, 5) is 13.7. The lowest BCUT2D eigenvalue weighted by Gasteiger charge is -2.26. The maximum Gasteiger partial charge on any atom is 0.224 e. The number of hydrogen-bond acceptors (Lipinski definition) is 3. The third kappa shape index (κ3) is 9.95. The van der Waals surface area contributed by atoms with Crippen LogP contribution in [0.15, 0.2) is 0 Å². The number of carbonyl (C=O) groups is 1. The van der Waals surface area contributed by atoms with Gasteiger partial charge in [-0.3, -0.25) is 4.79 Å². The number of hydrogen-bond donors (Lipinski definition) is 2. The van der Waals surface area contributed by atoms with Gasteiger partial charge in [-0.15, -0.1) is 24.8 Å². The summed E-state index contributed by atoms with van der Waals surface area (Å²) in [6.07, 6.45) is 1.09. The summed E-state index contributed by atoms with van der Waals surface area (Å²) in [5.74, 6) is 0.594. The van der Waals surface area contributed by atoms with Gasteiger partial charge in [-0.25, -0.2) is 0 Å². The van der Waals surface area contributed by atoms with Gasteiger partial charge in [-0.2, -0.15) is 0 Å². The molecule has 112 valence electrons. The van der Waals surface area contributed by atoms with E-state index < -0.39 is 0 Å². The van der Waals surface area contributed by atoms with Crippen LogP contribution in [0.25, 0.3) is 0 Å². The SMILES string of the molecule is CC(C)CC(CNC(=O)C(C)CN)N(C)C.Cl.Cl. The fraction of sp³-hybridized carbons (Fsp3) is 0.917. The molecule has 0 radical (unpaired) electrons. The molecule has 0 rings (SSSR count). The summed E-state index contributed by atoms with van der Waals surface area (Å²) < 4.78 is 0. The molecule has 18 heavy (non-hydrogen) atoms. The molecule has 0 aromatic heterocycles. The second-order valence-electron chi connectivity index (χ2n) is 5.13. The van der Waals surface area contributed by atoms with Gasteiger partial charge in [-0.05, 0) is 26.4 Å². The molecule has 2 unspecified atom stereocenters. The summed E-state index contributed by atoms with van der Waals surface area (Å²) in [6.45, 7) is 7.35. The summed E-state index contributed by atoms with van der Waals surface area (Å²) in [7, 11) is 4.09. The van der Waals surface area contributed by atoms with Crippen LogP contribution >= 0.6 is 24.8 Å². The largest absolute Gasteiger partial charge is 0.354 e. The molecule has 0 aromatic rings. The number of rotatable bonds is 7. The molecule has 2 atom stereocenters. The number of nitrogens with two attached hydrogens (primary N) is 1. The second kappa shape index (κ2) is 12.0. The van der Waals surface area contributed by atoms with Crippen LogP contribution < -0.4 is 11.1 Å². The van der Waals surface area contributed by atoms with Crippen LogP contribution in [-0.2, 0) is 4.79 Å². The van der Waals surface area contributed by atoms with Crippen LogP contribution in [0.3, 0.4) is 0 Å². The van der Waals surface area contributed by atoms with Crippen LogP contribution in [0.5, 0.6) is 0 Å². The summed E-state index contributed by atoms with van der Waals surface area (Å²) in [5.41, 5.74) is 5.45. The van der Waals surface area contributed by atoms with E-state index in [1.54, 1.807) is 0 Å². The number of amides is 1. The van der Waals surface area contributed by atoms with Crippen molar-refractivity contribution in [1.29, 1.82) is 0 Å². The number of nitrogens with one attached hydrogen (secondary N) is 1. The Morgan fingerprint density at radius 1 is 1.22 bits per heavy atom. The van der Waals surface area contributed by atoms with Crippen molar-refractivity contribution in [3.05, 3.63) is 0 Å². The molecular formula is C12H29Cl2N3O. The summed E-state index contributed by atoms with van der Waals surface area (Å²) in [5, 5.41) is 2.96. The molecule has 6 heteroatoms. The van der Waals surface area contributed by atoms with E-state index in [1.807, 2.05) is 21.0 Å². The van der Waals surface area contributed by atoms with E-state index in [0.717, 1.165) is 6.42 Å². The van der Waals surface area contributed by atoms with Gasteiger partial charge in [0.2, 0.25) is 5.91 Å². The van der Waals surface area contributed by atoms with Gasteiger partial charge in [0.15, 0.2) is 0 Å². The molecule has 0 aromatic carbocycles. The van der Waals surface area contributed by atoms with Crippen LogP contribution in [0, 0.1) is 11.8 Å². The second-order valence-corrected chi connectivity index (χ2v) is 5.13. The first-order valence-electron chi connectivity index (χ1n) is 6.02. The standard InChI is InChI=1S/C12H27N3O.2ClH/c1-9(2)6-11(15(4)5)8-14-12(16)10(3)7-13;;/h9-11H,6-8,13H2,1-5H3,(H,14,16);2*1H. The zero-order valence-corrected chi connectivity index (χ0v) is 13.7. The zero-order valence-electron chi connectivity index (χ0n) is 12.1. The predicted molar refractivity (Wildman–Crippen MR) is 82.7 cm³/mol. The van der Waals surface area contributed by atoms with Gasteiger partial charge >= 0.3 is 0 Å². The Labute approximate surface area is 124 Å². The number of nitrogens with zero attached hydrogens (tertiary/aromatic N) is 1. The Balaban J connectivity index is -0.00000112. The monoisotopic (exact) mass is 301 g/mol. The number of halogens is 2. The van der Waals surface area contributed by atoms with Crippen molar-refractivity contribution in [3.8, 4) is 0 Å². The average Bonchev–Trinajstić information content (AvgIpc) is 2.21. The topological polar surface area (TPSA) is 58.4 Å². The third-order valence-electron chi connectivity index (χ3n) is 2.79. The highest BCUT2D eigenvalue weighted by Crippen LogP contribution is 2.08. The first-order chi connectivity index (χ1) is 7.38. The highest BCUT2D eigenvalue weighted by Gasteiger charge is 2.16. The molecule has 0 bridgehead atoms. The van der Waals surface area contributed by atoms with Crippen molar-refractivity contribution in [1.82, 2.24) is 10.2 Å². The molecular weight excluding hydrogens is 273 g/mol. The first kappa shape index (κ1) is 23.1. The zero-order chi connectivity index (χ0) is 12.7.